The third-order valence-corrected chi connectivity index (χ3v) is 4.83. The standard InChI is InChI=1S/C10H22N4O3S/c1-3-12-10(15)9-13(4-2)18(16,17)14-7-5-11-6-8-14/h11H,3-9H2,1-2H3,(H,12,15). The Bertz CT molecular complexity index is 365. The molecule has 0 atom stereocenters. The number of carbonyl (C=O) groups is 1. The summed E-state index contributed by atoms with van der Waals surface area (Å²) < 4.78 is 27.2. The van der Waals surface area contributed by atoms with Crippen molar-refractivity contribution in [3.05, 3.63) is 0 Å². The van der Waals surface area contributed by atoms with Crippen molar-refractivity contribution in [2.24, 2.45) is 0 Å². The minimum Gasteiger partial charge on any atom is -0.355 e. The molecule has 106 valence electrons. The Morgan fingerprint density at radius 2 is 1.94 bits per heavy atom. The van der Waals surface area contributed by atoms with Gasteiger partial charge in [-0.3, -0.25) is 4.79 Å². The summed E-state index contributed by atoms with van der Waals surface area (Å²) in [6.45, 7) is 6.43. The summed E-state index contributed by atoms with van der Waals surface area (Å²) in [4.78, 5) is 11.5. The largest absolute Gasteiger partial charge is 0.355 e. The van der Waals surface area contributed by atoms with E-state index < -0.39 is 10.2 Å². The monoisotopic (exact) mass is 278 g/mol. The van der Waals surface area contributed by atoms with Crippen molar-refractivity contribution in [2.75, 3.05) is 45.8 Å². The molecule has 0 aromatic heterocycles. The highest BCUT2D eigenvalue weighted by atomic mass is 32.2. The van der Waals surface area contributed by atoms with E-state index in [0.29, 0.717) is 39.3 Å². The average Bonchev–Trinajstić information content (AvgIpc) is 2.37. The van der Waals surface area contributed by atoms with Crippen LogP contribution in [0.2, 0.25) is 0 Å². The molecule has 1 saturated heterocycles. The van der Waals surface area contributed by atoms with Gasteiger partial charge in [-0.25, -0.2) is 0 Å². The molecule has 0 spiro atoms. The molecule has 0 radical (unpaired) electrons. The van der Waals surface area contributed by atoms with Crippen LogP contribution in [0, 0.1) is 0 Å². The van der Waals surface area contributed by atoms with Crippen LogP contribution in [-0.2, 0) is 15.0 Å². The highest BCUT2D eigenvalue weighted by Gasteiger charge is 2.30. The first kappa shape index (κ1) is 15.4. The maximum Gasteiger partial charge on any atom is 0.282 e. The number of piperazine rings is 1. The second-order valence-electron chi connectivity index (χ2n) is 4.04. The average molecular weight is 278 g/mol. The lowest BCUT2D eigenvalue weighted by Crippen LogP contribution is -2.53. The topological polar surface area (TPSA) is 81.8 Å². The molecule has 1 aliphatic rings. The van der Waals surface area contributed by atoms with Gasteiger partial charge < -0.3 is 10.6 Å². The van der Waals surface area contributed by atoms with Crippen molar-refractivity contribution in [1.29, 1.82) is 0 Å². The van der Waals surface area contributed by atoms with Crippen molar-refractivity contribution < 1.29 is 13.2 Å². The lowest BCUT2D eigenvalue weighted by atomic mass is 10.4. The summed E-state index contributed by atoms with van der Waals surface area (Å²) >= 11 is 0. The Hall–Kier alpha value is -0.700. The second kappa shape index (κ2) is 7.03. The van der Waals surface area contributed by atoms with E-state index in [1.165, 1.54) is 8.61 Å². The van der Waals surface area contributed by atoms with E-state index >= 15 is 0 Å². The molecule has 0 aromatic carbocycles. The Balaban J connectivity index is 2.69. The summed E-state index contributed by atoms with van der Waals surface area (Å²) in [5.74, 6) is -0.266. The number of hydrogen-bond acceptors (Lipinski definition) is 4. The van der Waals surface area contributed by atoms with Gasteiger partial charge in [-0.1, -0.05) is 6.92 Å². The van der Waals surface area contributed by atoms with E-state index in [1.54, 1.807) is 13.8 Å². The van der Waals surface area contributed by atoms with Crippen molar-refractivity contribution >= 4 is 16.1 Å². The first-order valence-electron chi connectivity index (χ1n) is 6.25. The molecule has 1 rings (SSSR count). The van der Waals surface area contributed by atoms with Gasteiger partial charge in [-0.05, 0) is 6.92 Å². The highest BCUT2D eigenvalue weighted by molar-refractivity contribution is 7.86. The van der Waals surface area contributed by atoms with Gasteiger partial charge in [-0.15, -0.1) is 0 Å². The van der Waals surface area contributed by atoms with E-state index in [0.717, 1.165) is 0 Å². The molecule has 0 aliphatic carbocycles. The van der Waals surface area contributed by atoms with E-state index in [4.69, 9.17) is 0 Å². The molecule has 0 aromatic rings. The SMILES string of the molecule is CCNC(=O)CN(CC)S(=O)(=O)N1CCNCC1. The predicted octanol–water partition coefficient (Wildman–Crippen LogP) is -1.41. The quantitative estimate of drug-likeness (QED) is 0.626. The molecule has 0 unspecified atom stereocenters. The fourth-order valence-electron chi connectivity index (χ4n) is 1.81. The number of carbonyl (C=O) groups excluding carboxylic acids is 1. The third kappa shape index (κ3) is 3.91. The van der Waals surface area contributed by atoms with E-state index in [-0.39, 0.29) is 12.5 Å². The van der Waals surface area contributed by atoms with Gasteiger partial charge in [0.15, 0.2) is 0 Å². The van der Waals surface area contributed by atoms with Crippen LogP contribution >= 0.6 is 0 Å². The molecule has 1 aliphatic heterocycles. The summed E-state index contributed by atoms with van der Waals surface area (Å²) in [5.41, 5.74) is 0. The minimum absolute atomic E-state index is 0.114. The lowest BCUT2D eigenvalue weighted by Gasteiger charge is -2.31. The molecule has 0 bridgehead atoms. The number of nitrogens with zero attached hydrogens (tertiary/aromatic N) is 2. The van der Waals surface area contributed by atoms with Gasteiger partial charge in [0.25, 0.3) is 10.2 Å². The Morgan fingerprint density at radius 3 is 2.44 bits per heavy atom. The molecular formula is C10H22N4O3S. The zero-order valence-electron chi connectivity index (χ0n) is 11.0. The maximum atomic E-state index is 12.3. The maximum absolute atomic E-state index is 12.3. The highest BCUT2D eigenvalue weighted by Crippen LogP contribution is 2.08. The fraction of sp³-hybridized carbons (Fsp3) is 0.900. The van der Waals surface area contributed by atoms with Gasteiger partial charge in [0, 0.05) is 39.3 Å². The van der Waals surface area contributed by atoms with Crippen LogP contribution < -0.4 is 10.6 Å². The fourth-order valence-corrected chi connectivity index (χ4v) is 3.39. The smallest absolute Gasteiger partial charge is 0.282 e. The van der Waals surface area contributed by atoms with Crippen LogP contribution in [0.15, 0.2) is 0 Å². The second-order valence-corrected chi connectivity index (χ2v) is 5.96. The minimum atomic E-state index is -3.52. The van der Waals surface area contributed by atoms with Crippen molar-refractivity contribution in [3.8, 4) is 0 Å². The van der Waals surface area contributed by atoms with Crippen LogP contribution in [0.1, 0.15) is 13.8 Å². The van der Waals surface area contributed by atoms with Crippen LogP contribution in [0.4, 0.5) is 0 Å². The summed E-state index contributed by atoms with van der Waals surface area (Å²) in [6.07, 6.45) is 0. The zero-order chi connectivity index (χ0) is 13.6. The first-order chi connectivity index (χ1) is 8.52. The molecule has 18 heavy (non-hydrogen) atoms. The van der Waals surface area contributed by atoms with E-state index in [2.05, 4.69) is 10.6 Å². The first-order valence-corrected chi connectivity index (χ1v) is 7.64. The van der Waals surface area contributed by atoms with Gasteiger partial charge in [0.05, 0.1) is 6.54 Å². The number of amides is 1. The van der Waals surface area contributed by atoms with Crippen molar-refractivity contribution in [1.82, 2.24) is 19.2 Å². The number of likely N-dealkylation sites (N-methyl/N-ethyl adjacent to an activating group) is 2. The van der Waals surface area contributed by atoms with E-state index in [1.807, 2.05) is 0 Å². The van der Waals surface area contributed by atoms with Gasteiger partial charge in [0.2, 0.25) is 5.91 Å². The molecule has 2 N–H and O–H groups in total. The lowest BCUT2D eigenvalue weighted by molar-refractivity contribution is -0.121. The van der Waals surface area contributed by atoms with Crippen LogP contribution in [-0.4, -0.2) is 68.7 Å². The molecule has 1 amide bonds. The van der Waals surface area contributed by atoms with Crippen molar-refractivity contribution in [2.45, 2.75) is 13.8 Å². The van der Waals surface area contributed by atoms with E-state index in [9.17, 15) is 13.2 Å². The number of rotatable bonds is 6. The predicted molar refractivity (Wildman–Crippen MR) is 69.3 cm³/mol. The van der Waals surface area contributed by atoms with Crippen LogP contribution in [0.5, 0.6) is 0 Å². The summed E-state index contributed by atoms with van der Waals surface area (Å²) in [7, 11) is -3.52. The molecule has 1 fully saturated rings. The Kier molecular flexibility index (Phi) is 6.00. The Labute approximate surface area is 109 Å². The Morgan fingerprint density at radius 1 is 1.33 bits per heavy atom. The molecule has 1 heterocycles. The van der Waals surface area contributed by atoms with Gasteiger partial charge >= 0.3 is 0 Å². The van der Waals surface area contributed by atoms with Gasteiger partial charge in [-0.2, -0.15) is 17.0 Å². The zero-order valence-corrected chi connectivity index (χ0v) is 11.8. The normalized spacial score (nSPS) is 17.9. The van der Waals surface area contributed by atoms with Crippen LogP contribution in [0.3, 0.4) is 0 Å². The van der Waals surface area contributed by atoms with Gasteiger partial charge in [0.1, 0.15) is 0 Å². The molecule has 8 heteroatoms. The summed E-state index contributed by atoms with van der Waals surface area (Å²) in [5, 5.41) is 5.71. The third-order valence-electron chi connectivity index (χ3n) is 2.78. The molecule has 7 nitrogen and oxygen atoms in total. The van der Waals surface area contributed by atoms with Crippen molar-refractivity contribution in [3.63, 3.8) is 0 Å². The molecular weight excluding hydrogens is 256 g/mol. The van der Waals surface area contributed by atoms with Crippen LogP contribution in [0.25, 0.3) is 0 Å². The number of hydrogen-bond donors (Lipinski definition) is 2. The number of nitrogens with one attached hydrogen (secondary N) is 2. The molecule has 0 saturated carbocycles. The summed E-state index contributed by atoms with van der Waals surface area (Å²) in [6, 6.07) is 0.